The summed E-state index contributed by atoms with van der Waals surface area (Å²) in [6.45, 7) is 11.2. The Hall–Kier alpha value is -3.72. The molecule has 0 aromatic carbocycles. The number of rotatable bonds is 4. The first kappa shape index (κ1) is 22.7. The second-order valence-corrected chi connectivity index (χ2v) is 10.00. The van der Waals surface area contributed by atoms with Gasteiger partial charge >= 0.3 is 0 Å². The highest BCUT2D eigenvalue weighted by molar-refractivity contribution is 5.87. The standard InChI is InChI=1S/C27H31N7O2/c1-5-24(35)33-9-7-20(15-33)34-13-19(14-34)22-10-23-26(16(2)30-22)36-17(3)25-21(6-8-28-27(25)31-23)18-11-29-32(4)12-18/h5-6,8,10-12,17,19-20H,1,7,9,13-15H2,2-4H3,(H,28,31)/t17-,20+/m0/s1. The topological polar surface area (TPSA) is 88.4 Å². The second kappa shape index (κ2) is 8.74. The lowest BCUT2D eigenvalue weighted by Gasteiger charge is -2.43. The summed E-state index contributed by atoms with van der Waals surface area (Å²) in [6, 6.07) is 4.54. The van der Waals surface area contributed by atoms with E-state index in [1.54, 1.807) is 4.68 Å². The summed E-state index contributed by atoms with van der Waals surface area (Å²) >= 11 is 0. The lowest BCUT2D eigenvalue weighted by molar-refractivity contribution is -0.125. The van der Waals surface area contributed by atoms with E-state index in [1.807, 2.05) is 43.5 Å². The number of anilines is 2. The molecule has 1 N–H and O–H groups in total. The van der Waals surface area contributed by atoms with Crippen LogP contribution in [-0.2, 0) is 11.8 Å². The van der Waals surface area contributed by atoms with Crippen LogP contribution in [0.2, 0.25) is 0 Å². The summed E-state index contributed by atoms with van der Waals surface area (Å²) in [7, 11) is 1.92. The van der Waals surface area contributed by atoms with Crippen molar-refractivity contribution in [2.45, 2.75) is 38.3 Å². The molecule has 0 unspecified atom stereocenters. The minimum absolute atomic E-state index is 0.0264. The van der Waals surface area contributed by atoms with E-state index in [1.165, 1.54) is 6.08 Å². The summed E-state index contributed by atoms with van der Waals surface area (Å²) in [6.07, 6.45) is 7.91. The van der Waals surface area contributed by atoms with Gasteiger partial charge in [0.1, 0.15) is 11.9 Å². The molecule has 36 heavy (non-hydrogen) atoms. The Kier molecular flexibility index (Phi) is 5.52. The number of amides is 1. The molecule has 3 aliphatic heterocycles. The third-order valence-corrected chi connectivity index (χ3v) is 7.62. The minimum Gasteiger partial charge on any atom is -0.482 e. The van der Waals surface area contributed by atoms with Crippen molar-refractivity contribution in [2.75, 3.05) is 31.5 Å². The zero-order chi connectivity index (χ0) is 25.0. The zero-order valence-corrected chi connectivity index (χ0v) is 20.9. The number of pyridine rings is 2. The summed E-state index contributed by atoms with van der Waals surface area (Å²) < 4.78 is 8.27. The number of carbonyl (C=O) groups is 1. The van der Waals surface area contributed by atoms with Crippen LogP contribution in [0.4, 0.5) is 11.5 Å². The molecule has 9 nitrogen and oxygen atoms in total. The molecule has 6 rings (SSSR count). The van der Waals surface area contributed by atoms with Gasteiger partial charge in [0, 0.05) is 74.4 Å². The number of nitrogens with zero attached hydrogens (tertiary/aromatic N) is 6. The first-order valence-electron chi connectivity index (χ1n) is 12.5. The van der Waals surface area contributed by atoms with Gasteiger partial charge in [0.25, 0.3) is 0 Å². The van der Waals surface area contributed by atoms with Crippen molar-refractivity contribution in [1.29, 1.82) is 0 Å². The van der Waals surface area contributed by atoms with E-state index in [2.05, 4.69) is 39.9 Å². The van der Waals surface area contributed by atoms with E-state index in [-0.39, 0.29) is 12.0 Å². The van der Waals surface area contributed by atoms with E-state index in [0.717, 1.165) is 77.9 Å². The van der Waals surface area contributed by atoms with Gasteiger partial charge in [0.15, 0.2) is 5.75 Å². The van der Waals surface area contributed by atoms with Gasteiger partial charge in [0.2, 0.25) is 5.91 Å². The fourth-order valence-electron chi connectivity index (χ4n) is 5.66. The van der Waals surface area contributed by atoms with Crippen LogP contribution in [-0.4, -0.2) is 67.7 Å². The highest BCUT2D eigenvalue weighted by Gasteiger charge is 2.38. The third-order valence-electron chi connectivity index (χ3n) is 7.62. The van der Waals surface area contributed by atoms with E-state index in [9.17, 15) is 4.79 Å². The van der Waals surface area contributed by atoms with E-state index in [0.29, 0.717) is 12.0 Å². The maximum Gasteiger partial charge on any atom is 0.246 e. The van der Waals surface area contributed by atoms with Gasteiger partial charge in [0.05, 0.1) is 17.6 Å². The first-order chi connectivity index (χ1) is 17.4. The molecular weight excluding hydrogens is 454 g/mol. The number of carbonyl (C=O) groups excluding carboxylic acids is 1. The van der Waals surface area contributed by atoms with Crippen molar-refractivity contribution in [3.8, 4) is 16.9 Å². The molecule has 2 saturated heterocycles. The van der Waals surface area contributed by atoms with Crippen molar-refractivity contribution in [1.82, 2.24) is 29.5 Å². The van der Waals surface area contributed by atoms with Crippen molar-refractivity contribution >= 4 is 17.4 Å². The second-order valence-electron chi connectivity index (χ2n) is 10.00. The molecule has 1 amide bonds. The Bertz CT molecular complexity index is 1340. The number of hydrogen-bond donors (Lipinski definition) is 1. The molecule has 0 saturated carbocycles. The molecule has 9 heteroatoms. The largest absolute Gasteiger partial charge is 0.482 e. The van der Waals surface area contributed by atoms with Crippen LogP contribution in [0.1, 0.15) is 42.3 Å². The highest BCUT2D eigenvalue weighted by Crippen LogP contribution is 2.44. The average molecular weight is 486 g/mol. The fourth-order valence-corrected chi connectivity index (χ4v) is 5.66. The number of likely N-dealkylation sites (tertiary alicyclic amines) is 2. The lowest BCUT2D eigenvalue weighted by Crippen LogP contribution is -2.52. The molecule has 3 aromatic rings. The maximum atomic E-state index is 11.9. The third kappa shape index (κ3) is 3.83. The summed E-state index contributed by atoms with van der Waals surface area (Å²) in [5, 5.41) is 7.90. The van der Waals surface area contributed by atoms with Gasteiger partial charge in [-0.15, -0.1) is 0 Å². The number of aromatic nitrogens is 4. The zero-order valence-electron chi connectivity index (χ0n) is 20.9. The summed E-state index contributed by atoms with van der Waals surface area (Å²) in [5.74, 6) is 1.95. The molecular formula is C27H31N7O2. The average Bonchev–Trinajstić information content (AvgIpc) is 3.46. The molecule has 0 radical (unpaired) electrons. The Balaban J connectivity index is 1.23. The fraction of sp³-hybridized carbons (Fsp3) is 0.407. The van der Waals surface area contributed by atoms with Crippen LogP contribution in [0.25, 0.3) is 11.1 Å². The molecule has 3 aliphatic rings. The van der Waals surface area contributed by atoms with Crippen LogP contribution in [0.5, 0.6) is 5.75 Å². The van der Waals surface area contributed by atoms with Crippen LogP contribution in [0.15, 0.2) is 43.4 Å². The van der Waals surface area contributed by atoms with Crippen molar-refractivity contribution in [3.05, 3.63) is 60.3 Å². The summed E-state index contributed by atoms with van der Waals surface area (Å²) in [5.41, 5.74) is 5.94. The molecule has 6 heterocycles. The predicted octanol–water partition coefficient (Wildman–Crippen LogP) is 3.57. The van der Waals surface area contributed by atoms with Gasteiger partial charge < -0.3 is 15.0 Å². The SMILES string of the molecule is C=CC(=O)N1CC[C@@H](N2CC(c3cc4c(c(C)n3)O[C@@H](C)c3c(-c5cnn(C)c5)ccnc3N4)C2)C1. The van der Waals surface area contributed by atoms with E-state index in [4.69, 9.17) is 9.72 Å². The molecule has 0 aliphatic carbocycles. The number of hydrogen-bond acceptors (Lipinski definition) is 7. The van der Waals surface area contributed by atoms with Crippen LogP contribution in [0.3, 0.4) is 0 Å². The van der Waals surface area contributed by atoms with Gasteiger partial charge in [-0.2, -0.15) is 5.10 Å². The number of nitrogens with one attached hydrogen (secondary N) is 1. The van der Waals surface area contributed by atoms with Crippen LogP contribution in [0, 0.1) is 6.92 Å². The Morgan fingerprint density at radius 3 is 2.89 bits per heavy atom. The molecule has 0 spiro atoms. The Morgan fingerprint density at radius 1 is 1.31 bits per heavy atom. The monoisotopic (exact) mass is 485 g/mol. The quantitative estimate of drug-likeness (QED) is 0.565. The Morgan fingerprint density at radius 2 is 2.14 bits per heavy atom. The number of fused-ring (bicyclic) bond motifs is 2. The molecule has 3 aromatic heterocycles. The minimum atomic E-state index is -0.202. The van der Waals surface area contributed by atoms with E-state index < -0.39 is 0 Å². The Labute approximate surface area is 210 Å². The molecule has 2 atom stereocenters. The smallest absolute Gasteiger partial charge is 0.246 e. The van der Waals surface area contributed by atoms with Crippen molar-refractivity contribution in [2.24, 2.45) is 7.05 Å². The van der Waals surface area contributed by atoms with Gasteiger partial charge in [-0.3, -0.25) is 19.4 Å². The van der Waals surface area contributed by atoms with Crippen molar-refractivity contribution < 1.29 is 9.53 Å². The van der Waals surface area contributed by atoms with Gasteiger partial charge in [-0.25, -0.2) is 4.98 Å². The summed E-state index contributed by atoms with van der Waals surface area (Å²) in [4.78, 5) is 25.9. The predicted molar refractivity (Wildman–Crippen MR) is 137 cm³/mol. The molecule has 2 fully saturated rings. The highest BCUT2D eigenvalue weighted by atomic mass is 16.5. The van der Waals surface area contributed by atoms with Crippen molar-refractivity contribution in [3.63, 3.8) is 0 Å². The van der Waals surface area contributed by atoms with Gasteiger partial charge in [-0.1, -0.05) is 6.58 Å². The van der Waals surface area contributed by atoms with Crippen LogP contribution >= 0.6 is 0 Å². The van der Waals surface area contributed by atoms with Gasteiger partial charge in [-0.05, 0) is 44.0 Å². The first-order valence-corrected chi connectivity index (χ1v) is 12.5. The maximum absolute atomic E-state index is 11.9. The normalized spacial score (nSPS) is 21.6. The number of ether oxygens (including phenoxy) is 1. The number of aryl methyl sites for hydroxylation is 2. The van der Waals surface area contributed by atoms with E-state index >= 15 is 0 Å². The molecule has 186 valence electrons. The lowest BCUT2D eigenvalue weighted by atomic mass is 9.92. The molecule has 0 bridgehead atoms. The van der Waals surface area contributed by atoms with Crippen LogP contribution < -0.4 is 10.1 Å².